The minimum absolute atomic E-state index is 0.0213. The van der Waals surface area contributed by atoms with Crippen LogP contribution in [0.1, 0.15) is 11.6 Å². The molecule has 3 N–H and O–H groups in total. The number of carboxylic acid groups (broad SMARTS) is 1. The Balaban J connectivity index is 2.16. The van der Waals surface area contributed by atoms with Crippen molar-refractivity contribution in [2.45, 2.75) is 12.1 Å². The zero-order chi connectivity index (χ0) is 14.9. The Kier molecular flexibility index (Phi) is 3.87. The fraction of sp³-hybridized carbons (Fsp3) is 0.417. The molecule has 2 rings (SSSR count). The first kappa shape index (κ1) is 14.6. The van der Waals surface area contributed by atoms with E-state index in [2.05, 4.69) is 0 Å². The molecule has 1 unspecified atom stereocenters. The maximum atomic E-state index is 11.1. The van der Waals surface area contributed by atoms with Gasteiger partial charge in [0.15, 0.2) is 21.3 Å². The van der Waals surface area contributed by atoms with Gasteiger partial charge in [-0.2, -0.15) is 0 Å². The Morgan fingerprint density at radius 1 is 1.40 bits per heavy atom. The van der Waals surface area contributed by atoms with Gasteiger partial charge in [0.25, 0.3) is 0 Å². The zero-order valence-corrected chi connectivity index (χ0v) is 11.6. The van der Waals surface area contributed by atoms with Gasteiger partial charge in [-0.3, -0.25) is 4.79 Å². The summed E-state index contributed by atoms with van der Waals surface area (Å²) >= 11 is 0. The first-order chi connectivity index (χ1) is 9.32. The minimum Gasteiger partial charge on any atom is -0.493 e. The van der Waals surface area contributed by atoms with E-state index in [1.165, 1.54) is 25.3 Å². The summed E-state index contributed by atoms with van der Waals surface area (Å²) in [6.07, 6.45) is -0.395. The van der Waals surface area contributed by atoms with Crippen LogP contribution in [0.5, 0.6) is 11.5 Å². The smallest absolute Gasteiger partial charge is 0.325 e. The van der Waals surface area contributed by atoms with Crippen molar-refractivity contribution in [2.24, 2.45) is 5.73 Å². The molecule has 1 heterocycles. The highest BCUT2D eigenvalue weighted by molar-refractivity contribution is 7.92. The van der Waals surface area contributed by atoms with Crippen molar-refractivity contribution in [1.29, 1.82) is 0 Å². The number of hydrogen-bond acceptors (Lipinski definition) is 6. The number of hydrogen-bond donors (Lipinski definition) is 2. The molecule has 0 bridgehead atoms. The summed E-state index contributed by atoms with van der Waals surface area (Å²) in [5.74, 6) is -0.498. The molecule has 20 heavy (non-hydrogen) atoms. The third-order valence-corrected chi connectivity index (χ3v) is 4.75. The lowest BCUT2D eigenvalue weighted by atomic mass is 10.1. The molecule has 1 fully saturated rings. The fourth-order valence-corrected chi connectivity index (χ4v) is 3.05. The molecule has 1 atom stereocenters. The molecule has 1 aromatic carbocycles. The lowest BCUT2D eigenvalue weighted by Crippen LogP contribution is -2.45. The van der Waals surface area contributed by atoms with E-state index in [1.807, 2.05) is 0 Å². The van der Waals surface area contributed by atoms with Gasteiger partial charge in [-0.15, -0.1) is 0 Å². The Morgan fingerprint density at radius 2 is 2.05 bits per heavy atom. The quantitative estimate of drug-likeness (QED) is 0.783. The van der Waals surface area contributed by atoms with Crippen molar-refractivity contribution in [3.05, 3.63) is 23.8 Å². The normalized spacial score (nSPS) is 18.9. The molecule has 8 heteroatoms. The molecular weight excluding hydrogens is 286 g/mol. The average Bonchev–Trinajstić information content (AvgIpc) is 2.36. The monoisotopic (exact) mass is 301 g/mol. The number of rotatable bonds is 5. The van der Waals surface area contributed by atoms with Crippen LogP contribution in [0.4, 0.5) is 0 Å². The molecule has 0 saturated carbocycles. The molecule has 110 valence electrons. The highest BCUT2D eigenvalue weighted by Crippen LogP contribution is 2.32. The van der Waals surface area contributed by atoms with Crippen molar-refractivity contribution in [1.82, 2.24) is 0 Å². The number of sulfone groups is 1. The fourth-order valence-electron chi connectivity index (χ4n) is 1.88. The molecule has 7 nitrogen and oxygen atoms in total. The summed E-state index contributed by atoms with van der Waals surface area (Å²) in [6.45, 7) is 0. The van der Waals surface area contributed by atoms with E-state index in [9.17, 15) is 13.2 Å². The van der Waals surface area contributed by atoms with Gasteiger partial charge in [-0.1, -0.05) is 6.07 Å². The van der Waals surface area contributed by atoms with E-state index >= 15 is 0 Å². The lowest BCUT2D eigenvalue weighted by molar-refractivity contribution is -0.138. The summed E-state index contributed by atoms with van der Waals surface area (Å²) in [4.78, 5) is 10.8. The summed E-state index contributed by atoms with van der Waals surface area (Å²) < 4.78 is 32.8. The van der Waals surface area contributed by atoms with Crippen LogP contribution in [-0.2, 0) is 14.6 Å². The summed E-state index contributed by atoms with van der Waals surface area (Å²) in [5.41, 5.74) is 5.89. The number of carbonyl (C=O) groups is 1. The van der Waals surface area contributed by atoms with E-state index < -0.39 is 28.0 Å². The average molecular weight is 301 g/mol. The second kappa shape index (κ2) is 5.29. The van der Waals surface area contributed by atoms with Crippen LogP contribution in [0, 0.1) is 0 Å². The Hall–Kier alpha value is -1.80. The lowest BCUT2D eigenvalue weighted by Gasteiger charge is -2.27. The molecule has 1 aromatic rings. The van der Waals surface area contributed by atoms with Crippen molar-refractivity contribution < 1.29 is 27.8 Å². The minimum atomic E-state index is -2.97. The first-order valence-corrected chi connectivity index (χ1v) is 7.68. The van der Waals surface area contributed by atoms with Crippen LogP contribution < -0.4 is 15.2 Å². The largest absolute Gasteiger partial charge is 0.493 e. The highest BCUT2D eigenvalue weighted by atomic mass is 32.2. The van der Waals surface area contributed by atoms with Gasteiger partial charge < -0.3 is 20.3 Å². The topological polar surface area (TPSA) is 116 Å². The van der Waals surface area contributed by atoms with Gasteiger partial charge in [0, 0.05) is 0 Å². The number of benzene rings is 1. The summed E-state index contributed by atoms with van der Waals surface area (Å²) in [5, 5.41) is 8.85. The third kappa shape index (κ3) is 3.02. The van der Waals surface area contributed by atoms with E-state index in [4.69, 9.17) is 20.3 Å². The molecule has 0 amide bonds. The molecule has 1 aliphatic heterocycles. The van der Waals surface area contributed by atoms with Crippen LogP contribution in [0.3, 0.4) is 0 Å². The van der Waals surface area contributed by atoms with Crippen LogP contribution in [0.2, 0.25) is 0 Å². The highest BCUT2D eigenvalue weighted by Gasteiger charge is 2.35. The van der Waals surface area contributed by atoms with Crippen LogP contribution >= 0.6 is 0 Å². The molecule has 0 aliphatic carbocycles. The number of aliphatic carboxylic acids is 1. The third-order valence-electron chi connectivity index (χ3n) is 2.99. The maximum Gasteiger partial charge on any atom is 0.325 e. The second-order valence-electron chi connectivity index (χ2n) is 4.54. The van der Waals surface area contributed by atoms with E-state index in [1.54, 1.807) is 0 Å². The molecule has 1 aliphatic rings. The van der Waals surface area contributed by atoms with E-state index in [-0.39, 0.29) is 11.5 Å². The Bertz CT molecular complexity index is 615. The van der Waals surface area contributed by atoms with Crippen LogP contribution in [-0.4, -0.2) is 44.2 Å². The first-order valence-electron chi connectivity index (χ1n) is 5.86. The van der Waals surface area contributed by atoms with Crippen LogP contribution in [0.15, 0.2) is 18.2 Å². The number of nitrogens with two attached hydrogens (primary N) is 1. The molecule has 0 radical (unpaired) electrons. The van der Waals surface area contributed by atoms with Gasteiger partial charge >= 0.3 is 5.97 Å². The molecule has 1 saturated heterocycles. The number of ether oxygens (including phenoxy) is 2. The predicted octanol–water partition coefficient (Wildman–Crippen LogP) is -0.0446. The molecule has 0 aromatic heterocycles. The zero-order valence-electron chi connectivity index (χ0n) is 10.8. The van der Waals surface area contributed by atoms with Crippen LogP contribution in [0.25, 0.3) is 0 Å². The Labute approximate surface area is 116 Å². The second-order valence-corrected chi connectivity index (χ2v) is 6.70. The number of carboxylic acids is 1. The van der Waals surface area contributed by atoms with Gasteiger partial charge in [0.2, 0.25) is 0 Å². The number of methoxy groups -OCH3 is 1. The standard InChI is InChI=1S/C12H15NO6S/c1-18-10-4-7(11(13)12(14)15)2-3-9(10)19-8-5-20(16,17)6-8/h2-4,8,11H,5-6,13H2,1H3,(H,14,15). The predicted molar refractivity (Wildman–Crippen MR) is 70.6 cm³/mol. The van der Waals surface area contributed by atoms with Gasteiger partial charge in [-0.05, 0) is 17.7 Å². The van der Waals surface area contributed by atoms with E-state index in [0.717, 1.165) is 0 Å². The summed E-state index contributed by atoms with van der Waals surface area (Å²) in [6, 6.07) is 3.37. The van der Waals surface area contributed by atoms with Crippen molar-refractivity contribution >= 4 is 15.8 Å². The van der Waals surface area contributed by atoms with Crippen molar-refractivity contribution in [3.63, 3.8) is 0 Å². The van der Waals surface area contributed by atoms with Gasteiger partial charge in [0.1, 0.15) is 12.1 Å². The van der Waals surface area contributed by atoms with Crippen molar-refractivity contribution in [2.75, 3.05) is 18.6 Å². The summed E-state index contributed by atoms with van der Waals surface area (Å²) in [7, 11) is -1.55. The van der Waals surface area contributed by atoms with Gasteiger partial charge in [0.05, 0.1) is 18.6 Å². The van der Waals surface area contributed by atoms with Crippen molar-refractivity contribution in [3.8, 4) is 11.5 Å². The SMILES string of the molecule is COc1cc(C(N)C(=O)O)ccc1OC1CS(=O)(=O)C1. The van der Waals surface area contributed by atoms with Gasteiger partial charge in [-0.25, -0.2) is 8.42 Å². The Morgan fingerprint density at radius 3 is 2.55 bits per heavy atom. The maximum absolute atomic E-state index is 11.1. The van der Waals surface area contributed by atoms with E-state index in [0.29, 0.717) is 17.1 Å². The molecule has 0 spiro atoms. The molecular formula is C12H15NO6S.